The van der Waals surface area contributed by atoms with Crippen molar-refractivity contribution in [1.82, 2.24) is 5.32 Å². The lowest BCUT2D eigenvalue weighted by atomic mass is 9.99. The molecule has 0 saturated heterocycles. The minimum atomic E-state index is -0.805. The van der Waals surface area contributed by atoms with Crippen LogP contribution >= 0.6 is 15.9 Å². The van der Waals surface area contributed by atoms with E-state index >= 15 is 0 Å². The van der Waals surface area contributed by atoms with E-state index < -0.39 is 6.03 Å². The maximum atomic E-state index is 11.3. The van der Waals surface area contributed by atoms with E-state index in [4.69, 9.17) is 5.73 Å². The molecule has 1 atom stereocenters. The van der Waals surface area contributed by atoms with Crippen molar-refractivity contribution in [2.75, 3.05) is 0 Å². The van der Waals surface area contributed by atoms with Crippen LogP contribution in [0.3, 0.4) is 0 Å². The van der Waals surface area contributed by atoms with Gasteiger partial charge in [-0.15, -0.1) is 0 Å². The highest BCUT2D eigenvalue weighted by molar-refractivity contribution is 9.10. The Labute approximate surface area is 86.4 Å². The molecule has 4 nitrogen and oxygen atoms in total. The average Bonchev–Trinajstić information content (AvgIpc) is 2.05. The molecule has 0 aliphatic heterocycles. The summed E-state index contributed by atoms with van der Waals surface area (Å²) < 4.78 is 0. The maximum absolute atomic E-state index is 11.3. The number of urea groups is 1. The van der Waals surface area contributed by atoms with Gasteiger partial charge in [0.2, 0.25) is 5.91 Å². The van der Waals surface area contributed by atoms with Crippen molar-refractivity contribution in [3.63, 3.8) is 0 Å². The van der Waals surface area contributed by atoms with Crippen molar-refractivity contribution in [1.29, 1.82) is 0 Å². The number of carbonyl (C=O) groups excluding carboxylic acids is 2. The molecule has 3 N–H and O–H groups in total. The summed E-state index contributed by atoms with van der Waals surface area (Å²) in [6, 6.07) is -0.805. The predicted octanol–water partition coefficient (Wildman–Crippen LogP) is 1.38. The first kappa shape index (κ1) is 12.4. The van der Waals surface area contributed by atoms with Crippen LogP contribution < -0.4 is 11.1 Å². The van der Waals surface area contributed by atoms with Crippen molar-refractivity contribution in [2.45, 2.75) is 31.5 Å². The molecule has 0 fully saturated rings. The normalized spacial score (nSPS) is 12.6. The van der Waals surface area contributed by atoms with Crippen molar-refractivity contribution in [3.05, 3.63) is 0 Å². The van der Waals surface area contributed by atoms with Crippen LogP contribution in [0.4, 0.5) is 4.79 Å². The van der Waals surface area contributed by atoms with Gasteiger partial charge < -0.3 is 5.73 Å². The second-order valence-corrected chi connectivity index (χ2v) is 3.82. The third-order valence-electron chi connectivity index (χ3n) is 1.96. The molecule has 0 aromatic carbocycles. The second-order valence-electron chi connectivity index (χ2n) is 2.83. The van der Waals surface area contributed by atoms with E-state index in [1.54, 1.807) is 0 Å². The van der Waals surface area contributed by atoms with Crippen LogP contribution in [0.25, 0.3) is 0 Å². The highest BCUT2D eigenvalue weighted by atomic mass is 79.9. The largest absolute Gasteiger partial charge is 0.351 e. The quantitative estimate of drug-likeness (QED) is 0.741. The first-order valence-electron chi connectivity index (χ1n) is 4.27. The Bertz CT molecular complexity index is 193. The number of alkyl halides is 1. The zero-order valence-corrected chi connectivity index (χ0v) is 9.43. The fourth-order valence-corrected chi connectivity index (χ4v) is 1.97. The van der Waals surface area contributed by atoms with E-state index in [9.17, 15) is 9.59 Å². The smallest absolute Gasteiger partial charge is 0.318 e. The van der Waals surface area contributed by atoms with Gasteiger partial charge in [-0.2, -0.15) is 0 Å². The predicted molar refractivity (Wildman–Crippen MR) is 54.5 cm³/mol. The number of halogens is 1. The van der Waals surface area contributed by atoms with Crippen molar-refractivity contribution >= 4 is 27.9 Å². The van der Waals surface area contributed by atoms with Gasteiger partial charge in [0, 0.05) is 0 Å². The molecule has 0 heterocycles. The van der Waals surface area contributed by atoms with E-state index in [2.05, 4.69) is 15.9 Å². The monoisotopic (exact) mass is 250 g/mol. The van der Waals surface area contributed by atoms with Crippen LogP contribution in [0.15, 0.2) is 0 Å². The molecule has 0 aliphatic carbocycles. The summed E-state index contributed by atoms with van der Waals surface area (Å²) in [5, 5.41) is 2.04. The molecule has 0 aliphatic rings. The van der Waals surface area contributed by atoms with E-state index in [0.29, 0.717) is 0 Å². The van der Waals surface area contributed by atoms with Crippen LogP contribution in [-0.4, -0.2) is 16.8 Å². The topological polar surface area (TPSA) is 72.2 Å². The molecule has 0 rings (SSSR count). The Kier molecular flexibility index (Phi) is 5.70. The van der Waals surface area contributed by atoms with Gasteiger partial charge >= 0.3 is 6.03 Å². The minimum Gasteiger partial charge on any atom is -0.351 e. The minimum absolute atomic E-state index is 0.236. The SMILES string of the molecule is CCC(CC)[C@H](Br)C(=O)NC(N)=O. The van der Waals surface area contributed by atoms with Gasteiger partial charge in [0.05, 0.1) is 4.83 Å². The molecule has 0 aromatic heterocycles. The number of carbonyl (C=O) groups is 2. The van der Waals surface area contributed by atoms with Crippen LogP contribution in [-0.2, 0) is 4.79 Å². The zero-order valence-electron chi connectivity index (χ0n) is 7.84. The van der Waals surface area contributed by atoms with Crippen LogP contribution in [0.5, 0.6) is 0 Å². The van der Waals surface area contributed by atoms with Gasteiger partial charge in [-0.05, 0) is 5.92 Å². The molecule has 0 saturated carbocycles. The Hall–Kier alpha value is -0.580. The highest BCUT2D eigenvalue weighted by Crippen LogP contribution is 2.20. The van der Waals surface area contributed by atoms with Gasteiger partial charge in [0.1, 0.15) is 0 Å². The van der Waals surface area contributed by atoms with E-state index in [1.807, 2.05) is 19.2 Å². The number of amides is 3. The Morgan fingerprint density at radius 1 is 1.38 bits per heavy atom. The lowest BCUT2D eigenvalue weighted by Gasteiger charge is -2.17. The molecule has 13 heavy (non-hydrogen) atoms. The standard InChI is InChI=1S/C8H15BrN2O2/c1-3-5(4-2)6(9)7(12)11-8(10)13/h5-6H,3-4H2,1-2H3,(H3,10,11,12,13)/t6-/m0/s1. The fourth-order valence-electron chi connectivity index (χ4n) is 1.11. The molecular weight excluding hydrogens is 236 g/mol. The number of imide groups is 1. The van der Waals surface area contributed by atoms with E-state index in [1.165, 1.54) is 0 Å². The summed E-state index contributed by atoms with van der Waals surface area (Å²) in [4.78, 5) is 21.3. The third-order valence-corrected chi connectivity index (χ3v) is 3.12. The summed E-state index contributed by atoms with van der Waals surface area (Å²) in [5.41, 5.74) is 4.82. The summed E-state index contributed by atoms with van der Waals surface area (Å²) >= 11 is 3.24. The average molecular weight is 251 g/mol. The maximum Gasteiger partial charge on any atom is 0.318 e. The third kappa shape index (κ3) is 4.26. The number of nitrogens with one attached hydrogen (secondary N) is 1. The summed E-state index contributed by atoms with van der Waals surface area (Å²) in [6.45, 7) is 4.00. The number of hydrogen-bond donors (Lipinski definition) is 2. The zero-order chi connectivity index (χ0) is 10.4. The highest BCUT2D eigenvalue weighted by Gasteiger charge is 2.23. The lowest BCUT2D eigenvalue weighted by Crippen LogP contribution is -2.41. The summed E-state index contributed by atoms with van der Waals surface area (Å²) in [6.07, 6.45) is 1.77. The number of rotatable bonds is 4. The van der Waals surface area contributed by atoms with Gasteiger partial charge in [-0.1, -0.05) is 42.6 Å². The van der Waals surface area contributed by atoms with E-state index in [0.717, 1.165) is 12.8 Å². The molecule has 0 spiro atoms. The van der Waals surface area contributed by atoms with Gasteiger partial charge in [-0.3, -0.25) is 10.1 Å². The summed E-state index contributed by atoms with van der Waals surface area (Å²) in [7, 11) is 0. The molecular formula is C8H15BrN2O2. The lowest BCUT2D eigenvalue weighted by molar-refractivity contribution is -0.120. The first-order valence-corrected chi connectivity index (χ1v) is 5.18. The molecule has 0 unspecified atom stereocenters. The van der Waals surface area contributed by atoms with Gasteiger partial charge in [0.25, 0.3) is 0 Å². The van der Waals surface area contributed by atoms with Crippen molar-refractivity contribution < 1.29 is 9.59 Å². The van der Waals surface area contributed by atoms with Crippen molar-refractivity contribution in [3.8, 4) is 0 Å². The molecule has 5 heteroatoms. The first-order chi connectivity index (χ1) is 6.02. The van der Waals surface area contributed by atoms with Gasteiger partial charge in [0.15, 0.2) is 0 Å². The van der Waals surface area contributed by atoms with Gasteiger partial charge in [-0.25, -0.2) is 4.79 Å². The summed E-state index contributed by atoms with van der Waals surface area (Å²) in [5.74, 6) is -0.124. The molecule has 3 amide bonds. The van der Waals surface area contributed by atoms with Crippen LogP contribution in [0, 0.1) is 5.92 Å². The molecule has 0 bridgehead atoms. The second kappa shape index (κ2) is 5.96. The Balaban J connectivity index is 4.14. The number of hydrogen-bond acceptors (Lipinski definition) is 2. The Morgan fingerprint density at radius 3 is 2.15 bits per heavy atom. The Morgan fingerprint density at radius 2 is 1.85 bits per heavy atom. The van der Waals surface area contributed by atoms with Crippen molar-refractivity contribution in [2.24, 2.45) is 11.7 Å². The molecule has 76 valence electrons. The number of primary amides is 1. The molecule has 0 aromatic rings. The number of nitrogens with two attached hydrogens (primary N) is 1. The van der Waals surface area contributed by atoms with E-state index in [-0.39, 0.29) is 16.7 Å². The van der Waals surface area contributed by atoms with Crippen LogP contribution in [0.1, 0.15) is 26.7 Å². The fraction of sp³-hybridized carbons (Fsp3) is 0.750. The molecule has 0 radical (unpaired) electrons. The van der Waals surface area contributed by atoms with Crippen LogP contribution in [0.2, 0.25) is 0 Å².